The van der Waals surface area contributed by atoms with Crippen molar-refractivity contribution in [2.75, 3.05) is 0 Å². The normalized spacial score (nSPS) is 9.79. The van der Waals surface area contributed by atoms with E-state index in [1.165, 1.54) is 22.2 Å². The van der Waals surface area contributed by atoms with Gasteiger partial charge in [-0.15, -0.1) is 0 Å². The average molecular weight is 189 g/mol. The summed E-state index contributed by atoms with van der Waals surface area (Å²) in [5.74, 6) is 0. The molecule has 0 aliphatic heterocycles. The van der Waals surface area contributed by atoms with Crippen LogP contribution < -0.4 is 0 Å². The van der Waals surface area contributed by atoms with Gasteiger partial charge in [0, 0.05) is 23.6 Å². The Morgan fingerprint density at radius 2 is 1.64 bits per heavy atom. The molecule has 76 valence electrons. The number of benzene rings is 1. The molecular weight excluding hydrogens is 170 g/mol. The fourth-order valence-corrected chi connectivity index (χ4v) is 1.61. The van der Waals surface area contributed by atoms with Gasteiger partial charge in [-0.05, 0) is 32.0 Å². The van der Waals surface area contributed by atoms with Gasteiger partial charge >= 0.3 is 0 Å². The second-order valence-electron chi connectivity index (χ2n) is 3.41. The van der Waals surface area contributed by atoms with E-state index in [1.807, 2.05) is 13.8 Å². The first-order valence-electron chi connectivity index (χ1n) is 5.21. The standard InChI is InChI=1S/C11H13N.C2H6/c1-8-4-5-11-10(6-8)7-9(2)12(11)3;1-2/h4-7H,1-3H3;1-2H3. The monoisotopic (exact) mass is 189 g/mol. The van der Waals surface area contributed by atoms with Gasteiger partial charge in [0.25, 0.3) is 0 Å². The molecule has 14 heavy (non-hydrogen) atoms. The number of rotatable bonds is 0. The number of aromatic nitrogens is 1. The summed E-state index contributed by atoms with van der Waals surface area (Å²) in [6, 6.07) is 8.78. The smallest absolute Gasteiger partial charge is 0.0479 e. The summed E-state index contributed by atoms with van der Waals surface area (Å²) in [5, 5.41) is 1.34. The van der Waals surface area contributed by atoms with Crippen molar-refractivity contribution in [3.05, 3.63) is 35.5 Å². The van der Waals surface area contributed by atoms with Crippen molar-refractivity contribution < 1.29 is 0 Å². The molecule has 0 fully saturated rings. The Hall–Kier alpha value is -1.24. The zero-order valence-electron chi connectivity index (χ0n) is 9.76. The molecule has 0 bridgehead atoms. The van der Waals surface area contributed by atoms with Crippen LogP contribution in [0.4, 0.5) is 0 Å². The van der Waals surface area contributed by atoms with Crippen molar-refractivity contribution in [3.8, 4) is 0 Å². The Morgan fingerprint density at radius 3 is 2.29 bits per heavy atom. The lowest BCUT2D eigenvalue weighted by Crippen LogP contribution is -1.88. The van der Waals surface area contributed by atoms with Crippen LogP contribution in [0.5, 0.6) is 0 Å². The average Bonchev–Trinajstić information content (AvgIpc) is 2.45. The summed E-state index contributed by atoms with van der Waals surface area (Å²) in [6.45, 7) is 8.26. The highest BCUT2D eigenvalue weighted by atomic mass is 14.9. The topological polar surface area (TPSA) is 4.93 Å². The molecule has 1 heterocycles. The van der Waals surface area contributed by atoms with E-state index in [4.69, 9.17) is 0 Å². The summed E-state index contributed by atoms with van der Waals surface area (Å²) < 4.78 is 2.22. The van der Waals surface area contributed by atoms with Gasteiger partial charge in [-0.25, -0.2) is 0 Å². The molecule has 0 aliphatic carbocycles. The Labute approximate surface area is 86.4 Å². The fraction of sp³-hybridized carbons (Fsp3) is 0.385. The van der Waals surface area contributed by atoms with Crippen molar-refractivity contribution in [1.29, 1.82) is 0 Å². The summed E-state index contributed by atoms with van der Waals surface area (Å²) in [7, 11) is 2.10. The molecule has 0 aliphatic rings. The van der Waals surface area contributed by atoms with E-state index in [0.717, 1.165) is 0 Å². The highest BCUT2D eigenvalue weighted by molar-refractivity contribution is 5.81. The Bertz CT molecular complexity index is 424. The van der Waals surface area contributed by atoms with Crippen LogP contribution in [0.15, 0.2) is 24.3 Å². The number of fused-ring (bicyclic) bond motifs is 1. The summed E-state index contributed by atoms with van der Waals surface area (Å²) in [6.07, 6.45) is 0. The lowest BCUT2D eigenvalue weighted by atomic mass is 10.2. The predicted octanol–water partition coefficient (Wildman–Crippen LogP) is 3.82. The van der Waals surface area contributed by atoms with Gasteiger partial charge in [-0.3, -0.25) is 0 Å². The van der Waals surface area contributed by atoms with Gasteiger partial charge in [0.1, 0.15) is 0 Å². The van der Waals surface area contributed by atoms with E-state index in [-0.39, 0.29) is 0 Å². The van der Waals surface area contributed by atoms with Gasteiger partial charge in [0.15, 0.2) is 0 Å². The van der Waals surface area contributed by atoms with Crippen molar-refractivity contribution >= 4 is 10.9 Å². The third-order valence-corrected chi connectivity index (χ3v) is 2.44. The van der Waals surface area contributed by atoms with E-state index in [0.29, 0.717) is 0 Å². The molecular formula is C13H19N. The van der Waals surface area contributed by atoms with Crippen molar-refractivity contribution in [2.24, 2.45) is 7.05 Å². The van der Waals surface area contributed by atoms with Crippen molar-refractivity contribution in [1.82, 2.24) is 4.57 Å². The second kappa shape index (κ2) is 4.32. The maximum Gasteiger partial charge on any atom is 0.0479 e. The van der Waals surface area contributed by atoms with Crippen molar-refractivity contribution in [3.63, 3.8) is 0 Å². The van der Waals surface area contributed by atoms with Crippen LogP contribution in [-0.2, 0) is 7.05 Å². The maximum absolute atomic E-state index is 2.22. The van der Waals surface area contributed by atoms with Crippen molar-refractivity contribution in [2.45, 2.75) is 27.7 Å². The quantitative estimate of drug-likeness (QED) is 0.593. The molecule has 0 N–H and O–H groups in total. The first kappa shape index (κ1) is 10.8. The van der Waals surface area contributed by atoms with Crippen LogP contribution in [0.1, 0.15) is 25.1 Å². The lowest BCUT2D eigenvalue weighted by molar-refractivity contribution is 0.918. The summed E-state index contributed by atoms with van der Waals surface area (Å²) in [5.41, 5.74) is 3.96. The van der Waals surface area contributed by atoms with Gasteiger partial charge in [0.05, 0.1) is 0 Å². The number of hydrogen-bond donors (Lipinski definition) is 0. The molecule has 1 aromatic carbocycles. The van der Waals surface area contributed by atoms with Crippen LogP contribution >= 0.6 is 0 Å². The Morgan fingerprint density at radius 1 is 1.00 bits per heavy atom. The number of nitrogens with zero attached hydrogens (tertiary/aromatic N) is 1. The van der Waals surface area contributed by atoms with Gasteiger partial charge in [-0.1, -0.05) is 25.5 Å². The van der Waals surface area contributed by atoms with Crippen LogP contribution in [0.25, 0.3) is 10.9 Å². The zero-order chi connectivity index (χ0) is 10.7. The molecule has 0 atom stereocenters. The highest BCUT2D eigenvalue weighted by Gasteiger charge is 2.00. The molecule has 0 saturated carbocycles. The first-order chi connectivity index (χ1) is 6.68. The van der Waals surface area contributed by atoms with E-state index in [9.17, 15) is 0 Å². The van der Waals surface area contributed by atoms with Crippen LogP contribution in [0.2, 0.25) is 0 Å². The fourth-order valence-electron chi connectivity index (χ4n) is 1.61. The lowest BCUT2D eigenvalue weighted by Gasteiger charge is -1.98. The van der Waals surface area contributed by atoms with E-state index in [1.54, 1.807) is 0 Å². The molecule has 1 heteroatoms. The van der Waals surface area contributed by atoms with Crippen LogP contribution in [0.3, 0.4) is 0 Å². The Kier molecular flexibility index (Phi) is 3.34. The third-order valence-electron chi connectivity index (χ3n) is 2.44. The second-order valence-corrected chi connectivity index (χ2v) is 3.41. The SMILES string of the molecule is CC.Cc1ccc2c(c1)cc(C)n2C. The molecule has 0 spiro atoms. The molecule has 0 radical (unpaired) electrons. The number of aryl methyl sites for hydroxylation is 3. The molecule has 2 rings (SSSR count). The molecule has 0 saturated heterocycles. The van der Waals surface area contributed by atoms with E-state index >= 15 is 0 Å². The largest absolute Gasteiger partial charge is 0.348 e. The zero-order valence-corrected chi connectivity index (χ0v) is 9.76. The third kappa shape index (κ3) is 1.82. The highest BCUT2D eigenvalue weighted by Crippen LogP contribution is 2.18. The maximum atomic E-state index is 2.22. The summed E-state index contributed by atoms with van der Waals surface area (Å²) in [4.78, 5) is 0. The Balaban J connectivity index is 0.000000461. The molecule has 1 nitrogen and oxygen atoms in total. The minimum Gasteiger partial charge on any atom is -0.348 e. The molecule has 1 aromatic heterocycles. The molecule has 2 aromatic rings. The number of hydrogen-bond acceptors (Lipinski definition) is 0. The van der Waals surface area contributed by atoms with Crippen LogP contribution in [-0.4, -0.2) is 4.57 Å². The predicted molar refractivity (Wildman–Crippen MR) is 63.7 cm³/mol. The van der Waals surface area contributed by atoms with E-state index in [2.05, 4.69) is 49.7 Å². The van der Waals surface area contributed by atoms with Crippen LogP contribution in [0, 0.1) is 13.8 Å². The minimum absolute atomic E-state index is 1.32. The van der Waals surface area contributed by atoms with Gasteiger partial charge in [-0.2, -0.15) is 0 Å². The van der Waals surface area contributed by atoms with Gasteiger partial charge < -0.3 is 4.57 Å². The van der Waals surface area contributed by atoms with E-state index < -0.39 is 0 Å². The first-order valence-corrected chi connectivity index (χ1v) is 5.21. The summed E-state index contributed by atoms with van der Waals surface area (Å²) >= 11 is 0. The molecule has 0 unspecified atom stereocenters. The van der Waals surface area contributed by atoms with Gasteiger partial charge in [0.2, 0.25) is 0 Å². The minimum atomic E-state index is 1.32. The molecule has 0 amide bonds.